The Morgan fingerprint density at radius 2 is 2.10 bits per heavy atom. The third-order valence-electron chi connectivity index (χ3n) is 3.68. The van der Waals surface area contributed by atoms with Crippen LogP contribution >= 0.6 is 0 Å². The Hall–Kier alpha value is -2.20. The van der Waals surface area contributed by atoms with Gasteiger partial charge in [-0.15, -0.1) is 0 Å². The van der Waals surface area contributed by atoms with Crippen LogP contribution in [0.2, 0.25) is 0 Å². The van der Waals surface area contributed by atoms with Gasteiger partial charge in [0.25, 0.3) is 0 Å². The van der Waals surface area contributed by atoms with Crippen LogP contribution in [-0.4, -0.2) is 30.3 Å². The largest absolute Gasteiger partial charge is 0.504 e. The van der Waals surface area contributed by atoms with Gasteiger partial charge < -0.3 is 14.6 Å². The molecule has 0 bridgehead atoms. The van der Waals surface area contributed by atoms with E-state index in [9.17, 15) is 5.11 Å². The summed E-state index contributed by atoms with van der Waals surface area (Å²) in [6.45, 7) is 3.17. The van der Waals surface area contributed by atoms with Crippen LogP contribution in [0, 0.1) is 0 Å². The van der Waals surface area contributed by atoms with E-state index >= 15 is 0 Å². The van der Waals surface area contributed by atoms with Crippen LogP contribution in [0.3, 0.4) is 0 Å². The average molecular weight is 285 g/mol. The molecule has 0 aliphatic carbocycles. The molecule has 0 saturated carbocycles. The third-order valence-corrected chi connectivity index (χ3v) is 3.68. The van der Waals surface area contributed by atoms with Crippen molar-refractivity contribution in [1.82, 2.24) is 4.90 Å². The van der Waals surface area contributed by atoms with E-state index < -0.39 is 0 Å². The zero-order chi connectivity index (χ0) is 14.7. The Bertz CT molecular complexity index is 627. The Kier molecular flexibility index (Phi) is 3.97. The summed E-state index contributed by atoms with van der Waals surface area (Å²) in [6.07, 6.45) is 0. The molecule has 110 valence electrons. The van der Waals surface area contributed by atoms with Crippen molar-refractivity contribution in [2.24, 2.45) is 0 Å². The maximum atomic E-state index is 9.87. The average Bonchev–Trinajstić information content (AvgIpc) is 2.69. The molecule has 1 heterocycles. The van der Waals surface area contributed by atoms with Gasteiger partial charge >= 0.3 is 0 Å². The van der Waals surface area contributed by atoms with Gasteiger partial charge in [-0.1, -0.05) is 24.3 Å². The molecule has 1 aliphatic heterocycles. The van der Waals surface area contributed by atoms with E-state index in [1.54, 1.807) is 19.2 Å². The summed E-state index contributed by atoms with van der Waals surface area (Å²) in [4.78, 5) is 2.31. The van der Waals surface area contributed by atoms with E-state index in [0.29, 0.717) is 12.4 Å². The van der Waals surface area contributed by atoms with Gasteiger partial charge in [-0.3, -0.25) is 4.90 Å². The summed E-state index contributed by atoms with van der Waals surface area (Å²) in [5.74, 6) is 1.65. The van der Waals surface area contributed by atoms with Gasteiger partial charge in [0.15, 0.2) is 11.5 Å². The minimum atomic E-state index is 0.182. The molecular weight excluding hydrogens is 266 g/mol. The van der Waals surface area contributed by atoms with E-state index in [2.05, 4.69) is 11.0 Å². The van der Waals surface area contributed by atoms with Crippen LogP contribution < -0.4 is 9.47 Å². The van der Waals surface area contributed by atoms with Gasteiger partial charge in [-0.05, 0) is 23.8 Å². The fourth-order valence-corrected chi connectivity index (χ4v) is 2.61. The predicted molar refractivity (Wildman–Crippen MR) is 80.7 cm³/mol. The number of rotatable bonds is 3. The molecule has 4 heteroatoms. The molecule has 0 aromatic heterocycles. The number of benzene rings is 2. The molecule has 0 fully saturated rings. The minimum Gasteiger partial charge on any atom is -0.504 e. The highest BCUT2D eigenvalue weighted by Gasteiger charge is 2.15. The van der Waals surface area contributed by atoms with Crippen molar-refractivity contribution >= 4 is 0 Å². The molecule has 4 nitrogen and oxygen atoms in total. The maximum Gasteiger partial charge on any atom is 0.160 e. The van der Waals surface area contributed by atoms with Crippen LogP contribution in [0.1, 0.15) is 11.1 Å². The van der Waals surface area contributed by atoms with Gasteiger partial charge in [-0.2, -0.15) is 0 Å². The number of methoxy groups -OCH3 is 1. The van der Waals surface area contributed by atoms with Crippen molar-refractivity contribution in [2.75, 3.05) is 20.3 Å². The predicted octanol–water partition coefficient (Wildman–Crippen LogP) is 2.80. The van der Waals surface area contributed by atoms with Gasteiger partial charge in [0.1, 0.15) is 12.4 Å². The molecule has 0 spiro atoms. The highest BCUT2D eigenvalue weighted by molar-refractivity contribution is 5.41. The second-order valence-corrected chi connectivity index (χ2v) is 5.17. The van der Waals surface area contributed by atoms with Crippen LogP contribution in [0.4, 0.5) is 0 Å². The van der Waals surface area contributed by atoms with Crippen LogP contribution in [0.15, 0.2) is 42.5 Å². The topological polar surface area (TPSA) is 41.9 Å². The Labute approximate surface area is 124 Å². The summed E-state index contributed by atoms with van der Waals surface area (Å²) in [6, 6.07) is 13.7. The lowest BCUT2D eigenvalue weighted by molar-refractivity contribution is 0.219. The first-order valence-corrected chi connectivity index (χ1v) is 7.05. The smallest absolute Gasteiger partial charge is 0.160 e. The summed E-state index contributed by atoms with van der Waals surface area (Å²) in [7, 11) is 1.55. The first-order valence-electron chi connectivity index (χ1n) is 7.05. The van der Waals surface area contributed by atoms with Gasteiger partial charge in [0.2, 0.25) is 0 Å². The molecule has 0 saturated heterocycles. The van der Waals surface area contributed by atoms with Crippen LogP contribution in [-0.2, 0) is 13.1 Å². The van der Waals surface area contributed by atoms with Crippen molar-refractivity contribution < 1.29 is 14.6 Å². The lowest BCUT2D eigenvalue weighted by atomic mass is 10.1. The molecule has 0 unspecified atom stereocenters. The lowest BCUT2D eigenvalue weighted by Gasteiger charge is -2.19. The number of ether oxygens (including phenoxy) is 2. The number of hydrogen-bond acceptors (Lipinski definition) is 4. The quantitative estimate of drug-likeness (QED) is 0.941. The number of nitrogens with zero attached hydrogens (tertiary/aromatic N) is 1. The van der Waals surface area contributed by atoms with Crippen LogP contribution in [0.5, 0.6) is 17.2 Å². The number of para-hydroxylation sites is 1. The SMILES string of the molecule is COc1ccc(CN2CCOc3ccccc3C2)cc1O. The molecule has 2 aromatic rings. The van der Waals surface area contributed by atoms with Crippen molar-refractivity contribution in [3.63, 3.8) is 0 Å². The van der Waals surface area contributed by atoms with Gasteiger partial charge in [-0.25, -0.2) is 0 Å². The van der Waals surface area contributed by atoms with Crippen molar-refractivity contribution in [1.29, 1.82) is 0 Å². The zero-order valence-corrected chi connectivity index (χ0v) is 12.1. The van der Waals surface area contributed by atoms with Crippen molar-refractivity contribution in [3.05, 3.63) is 53.6 Å². The number of phenols is 1. The fourth-order valence-electron chi connectivity index (χ4n) is 2.61. The minimum absolute atomic E-state index is 0.182. The van der Waals surface area contributed by atoms with E-state index in [4.69, 9.17) is 9.47 Å². The van der Waals surface area contributed by atoms with E-state index in [0.717, 1.165) is 30.9 Å². The normalized spacial score (nSPS) is 14.9. The molecule has 2 aromatic carbocycles. The summed E-state index contributed by atoms with van der Waals surface area (Å²) in [5, 5.41) is 9.87. The number of hydrogen-bond donors (Lipinski definition) is 1. The molecule has 0 radical (unpaired) electrons. The first kappa shape index (κ1) is 13.8. The second-order valence-electron chi connectivity index (χ2n) is 5.17. The Balaban J connectivity index is 1.75. The fraction of sp³-hybridized carbons (Fsp3) is 0.294. The van der Waals surface area contributed by atoms with Gasteiger partial charge in [0.05, 0.1) is 7.11 Å². The molecule has 0 amide bonds. The number of fused-ring (bicyclic) bond motifs is 1. The van der Waals surface area contributed by atoms with Crippen LogP contribution in [0.25, 0.3) is 0 Å². The van der Waals surface area contributed by atoms with E-state index in [1.165, 1.54) is 5.56 Å². The van der Waals surface area contributed by atoms with E-state index in [1.807, 2.05) is 24.3 Å². The summed E-state index contributed by atoms with van der Waals surface area (Å²) >= 11 is 0. The van der Waals surface area contributed by atoms with Crippen molar-refractivity contribution in [2.45, 2.75) is 13.1 Å². The summed E-state index contributed by atoms with van der Waals surface area (Å²) < 4.78 is 10.8. The lowest BCUT2D eigenvalue weighted by Crippen LogP contribution is -2.25. The molecule has 1 N–H and O–H groups in total. The Morgan fingerprint density at radius 3 is 2.90 bits per heavy atom. The van der Waals surface area contributed by atoms with Gasteiger partial charge in [0, 0.05) is 25.2 Å². The molecule has 3 rings (SSSR count). The van der Waals surface area contributed by atoms with E-state index in [-0.39, 0.29) is 5.75 Å². The highest BCUT2D eigenvalue weighted by Crippen LogP contribution is 2.28. The molecular formula is C17H19NO3. The summed E-state index contributed by atoms with van der Waals surface area (Å²) in [5.41, 5.74) is 2.26. The highest BCUT2D eigenvalue weighted by atomic mass is 16.5. The molecule has 1 aliphatic rings. The number of phenolic OH excluding ortho intramolecular Hbond substituents is 1. The monoisotopic (exact) mass is 285 g/mol. The van der Waals surface area contributed by atoms with Crippen molar-refractivity contribution in [3.8, 4) is 17.2 Å². The molecule has 21 heavy (non-hydrogen) atoms. The maximum absolute atomic E-state index is 9.87. The second kappa shape index (κ2) is 6.06. The molecule has 0 atom stereocenters. The standard InChI is InChI=1S/C17H19NO3/c1-20-17-7-6-13(10-15(17)19)11-18-8-9-21-16-5-3-2-4-14(16)12-18/h2-7,10,19H,8-9,11-12H2,1H3. The number of aromatic hydroxyl groups is 1. The zero-order valence-electron chi connectivity index (χ0n) is 12.1. The third kappa shape index (κ3) is 3.11. The first-order chi connectivity index (χ1) is 10.3. The Morgan fingerprint density at radius 1 is 1.24 bits per heavy atom.